The number of unbranched alkanes of at least 4 members (excludes halogenated alkanes) is 21. The maximum Gasteiger partial charge on any atom is 0.256 e. The molecule has 0 atom stereocenters. The van der Waals surface area contributed by atoms with Gasteiger partial charge in [0, 0.05) is 6.42 Å². The summed E-state index contributed by atoms with van der Waals surface area (Å²) in [7, 11) is 0. The van der Waals surface area contributed by atoms with Gasteiger partial charge in [-0.2, -0.15) is 0 Å². The van der Waals surface area contributed by atoms with Crippen molar-refractivity contribution in [2.45, 2.75) is 188 Å². The van der Waals surface area contributed by atoms with E-state index in [1.165, 1.54) is 161 Å². The van der Waals surface area contributed by atoms with E-state index in [1.54, 1.807) is 5.82 Å². The fraction of sp³-hybridized carbons (Fsp3) is 0.906. The molecule has 0 aliphatic rings. The zero-order valence-electron chi connectivity index (χ0n) is 23.9. The summed E-state index contributed by atoms with van der Waals surface area (Å²) >= 11 is 0. The van der Waals surface area contributed by atoms with Crippen LogP contribution in [0.2, 0.25) is 0 Å². The maximum atomic E-state index is 2.56. The monoisotopic (exact) mass is 475 g/mol. The number of aryl methyl sites for hydroxylation is 2. The second kappa shape index (κ2) is 23.9. The highest BCUT2D eigenvalue weighted by Gasteiger charge is 2.15. The van der Waals surface area contributed by atoms with Gasteiger partial charge >= 0.3 is 0 Å². The van der Waals surface area contributed by atoms with Crippen LogP contribution in [0.25, 0.3) is 0 Å². The first-order valence-corrected chi connectivity index (χ1v) is 15.9. The Balaban J connectivity index is 2.01. The number of hydrogen-bond acceptors (Lipinski definition) is 0. The topological polar surface area (TPSA) is 8.81 Å². The summed E-state index contributed by atoms with van der Waals surface area (Å²) in [6, 6.07) is 0. The standard InChI is InChI=1S/C32H63N2/c1-4-7-9-11-13-15-16-17-18-19-20-21-23-25-27-29-34-31-30-33(6-3)32(34)28-26-24-22-14-12-10-8-5-2/h30-31H,4-29H2,1-3H3/q+1. The van der Waals surface area contributed by atoms with Gasteiger partial charge in [-0.1, -0.05) is 142 Å². The molecule has 0 aliphatic heterocycles. The van der Waals surface area contributed by atoms with Gasteiger partial charge < -0.3 is 0 Å². The Kier molecular flexibility index (Phi) is 22.0. The molecule has 200 valence electrons. The van der Waals surface area contributed by atoms with Crippen LogP contribution in [0.3, 0.4) is 0 Å². The normalized spacial score (nSPS) is 11.5. The lowest BCUT2D eigenvalue weighted by atomic mass is 10.0. The molecule has 1 heterocycles. The lowest BCUT2D eigenvalue weighted by Gasteiger charge is -2.06. The Morgan fingerprint density at radius 1 is 0.500 bits per heavy atom. The van der Waals surface area contributed by atoms with Crippen molar-refractivity contribution >= 4 is 0 Å². The van der Waals surface area contributed by atoms with Gasteiger partial charge in [-0.25, -0.2) is 9.13 Å². The zero-order valence-corrected chi connectivity index (χ0v) is 23.9. The molecule has 0 bridgehead atoms. The summed E-state index contributed by atoms with van der Waals surface area (Å²) in [6.45, 7) is 9.22. The van der Waals surface area contributed by atoms with Crippen LogP contribution in [-0.4, -0.2) is 4.57 Å². The first-order chi connectivity index (χ1) is 16.8. The van der Waals surface area contributed by atoms with Crippen LogP contribution in [0.15, 0.2) is 12.4 Å². The molecule has 0 saturated heterocycles. The number of imidazole rings is 1. The number of nitrogens with zero attached hydrogens (tertiary/aromatic N) is 2. The second-order valence-electron chi connectivity index (χ2n) is 10.9. The van der Waals surface area contributed by atoms with E-state index < -0.39 is 0 Å². The molecule has 0 aliphatic carbocycles. The Hall–Kier alpha value is -0.790. The smallest absolute Gasteiger partial charge is 0.235 e. The molecule has 0 aromatic carbocycles. The molecule has 34 heavy (non-hydrogen) atoms. The van der Waals surface area contributed by atoms with E-state index in [9.17, 15) is 0 Å². The molecule has 0 unspecified atom stereocenters. The van der Waals surface area contributed by atoms with Gasteiger partial charge in [0.05, 0.1) is 13.1 Å². The molecule has 1 aromatic heterocycles. The van der Waals surface area contributed by atoms with Crippen LogP contribution in [-0.2, 0) is 19.5 Å². The van der Waals surface area contributed by atoms with Crippen molar-refractivity contribution in [3.05, 3.63) is 18.2 Å². The van der Waals surface area contributed by atoms with E-state index >= 15 is 0 Å². The Morgan fingerprint density at radius 2 is 0.882 bits per heavy atom. The van der Waals surface area contributed by atoms with E-state index in [4.69, 9.17) is 0 Å². The van der Waals surface area contributed by atoms with E-state index in [1.807, 2.05) is 0 Å². The quantitative estimate of drug-likeness (QED) is 0.0930. The summed E-state index contributed by atoms with van der Waals surface area (Å²) in [5.74, 6) is 1.57. The Morgan fingerprint density at radius 3 is 1.29 bits per heavy atom. The highest BCUT2D eigenvalue weighted by molar-refractivity contribution is 4.83. The molecule has 0 saturated carbocycles. The number of hydrogen-bond donors (Lipinski definition) is 0. The fourth-order valence-corrected chi connectivity index (χ4v) is 5.35. The van der Waals surface area contributed by atoms with Crippen molar-refractivity contribution in [3.63, 3.8) is 0 Å². The van der Waals surface area contributed by atoms with Crippen molar-refractivity contribution in [1.82, 2.24) is 4.57 Å². The first kappa shape index (κ1) is 31.2. The highest BCUT2D eigenvalue weighted by Crippen LogP contribution is 2.14. The summed E-state index contributed by atoms with van der Waals surface area (Å²) in [6.07, 6.45) is 38.8. The first-order valence-electron chi connectivity index (χ1n) is 15.9. The second-order valence-corrected chi connectivity index (χ2v) is 10.9. The maximum absolute atomic E-state index is 2.56. The largest absolute Gasteiger partial charge is 0.256 e. The highest BCUT2D eigenvalue weighted by atomic mass is 15.1. The molecule has 0 fully saturated rings. The summed E-state index contributed by atoms with van der Waals surface area (Å²) in [5.41, 5.74) is 0. The SMILES string of the molecule is CCCCCCCCCCCCCCCCC[n+]1ccn(CC)c1CCCCCCCCCC. The average molecular weight is 476 g/mol. The van der Waals surface area contributed by atoms with Gasteiger partial charge in [0.25, 0.3) is 5.82 Å². The molecular weight excluding hydrogens is 412 g/mol. The van der Waals surface area contributed by atoms with Gasteiger partial charge in [-0.15, -0.1) is 0 Å². The number of aromatic nitrogens is 2. The summed E-state index contributed by atoms with van der Waals surface area (Å²) < 4.78 is 5.04. The van der Waals surface area contributed by atoms with Gasteiger partial charge in [0.15, 0.2) is 0 Å². The van der Waals surface area contributed by atoms with Crippen LogP contribution < -0.4 is 4.57 Å². The minimum Gasteiger partial charge on any atom is -0.235 e. The lowest BCUT2D eigenvalue weighted by Crippen LogP contribution is -2.37. The third-order valence-electron chi connectivity index (χ3n) is 7.69. The molecule has 1 rings (SSSR count). The molecule has 0 spiro atoms. The predicted octanol–water partition coefficient (Wildman–Crippen LogP) is 10.4. The van der Waals surface area contributed by atoms with Gasteiger partial charge in [0.2, 0.25) is 0 Å². The van der Waals surface area contributed by atoms with Crippen LogP contribution in [0.5, 0.6) is 0 Å². The minimum atomic E-state index is 1.11. The van der Waals surface area contributed by atoms with E-state index in [0.717, 1.165) is 6.54 Å². The third kappa shape index (κ3) is 16.8. The fourth-order valence-electron chi connectivity index (χ4n) is 5.35. The molecule has 2 heteroatoms. The van der Waals surface area contributed by atoms with E-state index in [0.29, 0.717) is 0 Å². The van der Waals surface area contributed by atoms with Crippen LogP contribution in [0.1, 0.15) is 174 Å². The predicted molar refractivity (Wildman–Crippen MR) is 152 cm³/mol. The lowest BCUT2D eigenvalue weighted by molar-refractivity contribution is -0.704. The van der Waals surface area contributed by atoms with Crippen molar-refractivity contribution in [2.24, 2.45) is 0 Å². The zero-order chi connectivity index (χ0) is 24.5. The Labute approximate surface area is 215 Å². The third-order valence-corrected chi connectivity index (χ3v) is 7.69. The molecule has 0 amide bonds. The summed E-state index contributed by atoms with van der Waals surface area (Å²) in [5, 5.41) is 0. The Bertz CT molecular complexity index is 533. The molecule has 0 N–H and O–H groups in total. The van der Waals surface area contributed by atoms with Crippen LogP contribution in [0, 0.1) is 0 Å². The molecule has 0 radical (unpaired) electrons. The van der Waals surface area contributed by atoms with E-state index in [2.05, 4.69) is 42.3 Å². The van der Waals surface area contributed by atoms with Crippen LogP contribution >= 0.6 is 0 Å². The van der Waals surface area contributed by atoms with Crippen molar-refractivity contribution in [2.75, 3.05) is 0 Å². The van der Waals surface area contributed by atoms with E-state index in [-0.39, 0.29) is 0 Å². The molecule has 2 nitrogen and oxygen atoms in total. The minimum absolute atomic E-state index is 1.11. The number of rotatable bonds is 26. The van der Waals surface area contributed by atoms with Crippen molar-refractivity contribution < 1.29 is 4.57 Å². The van der Waals surface area contributed by atoms with Gasteiger partial charge in [-0.3, -0.25) is 0 Å². The van der Waals surface area contributed by atoms with Gasteiger partial charge in [0.1, 0.15) is 12.4 Å². The summed E-state index contributed by atoms with van der Waals surface area (Å²) in [4.78, 5) is 0. The molecule has 1 aromatic rings. The van der Waals surface area contributed by atoms with Gasteiger partial charge in [-0.05, 0) is 26.2 Å². The molecular formula is C32H63N2+. The van der Waals surface area contributed by atoms with Crippen molar-refractivity contribution in [3.8, 4) is 0 Å². The van der Waals surface area contributed by atoms with Crippen LogP contribution in [0.4, 0.5) is 0 Å². The average Bonchev–Trinajstić information content (AvgIpc) is 3.24. The van der Waals surface area contributed by atoms with Crippen molar-refractivity contribution in [1.29, 1.82) is 0 Å².